The summed E-state index contributed by atoms with van der Waals surface area (Å²) in [4.78, 5) is 0. The molecule has 0 fully saturated rings. The molecule has 0 aliphatic carbocycles. The fraction of sp³-hybridized carbons (Fsp3) is 1.00. The summed E-state index contributed by atoms with van der Waals surface area (Å²) in [7, 11) is 0. The van der Waals surface area contributed by atoms with E-state index in [2.05, 4.69) is 19.6 Å². The molecule has 0 aliphatic heterocycles. The van der Waals surface area contributed by atoms with Gasteiger partial charge in [0.05, 0.1) is 5.44 Å². The third-order valence-electron chi connectivity index (χ3n) is 1.36. The molecule has 0 saturated carbocycles. The van der Waals surface area contributed by atoms with Crippen LogP contribution in [0.15, 0.2) is 0 Å². The molecule has 0 amide bonds. The Hall–Kier alpha value is 0.310. The molecule has 1 atom stereocenters. The number of hydrogen-bond donors (Lipinski definition) is 1. The van der Waals surface area contributed by atoms with Crippen molar-refractivity contribution in [3.8, 4) is 0 Å². The molecular weight excluding hydrogens is 144 g/mol. The molecule has 10 heavy (non-hydrogen) atoms. The first-order valence-electron chi connectivity index (χ1n) is 4.07. The quantitative estimate of drug-likeness (QED) is 0.359. The zero-order valence-electron chi connectivity index (χ0n) is 6.97. The minimum atomic E-state index is 0.0987. The van der Waals surface area contributed by atoms with Crippen LogP contribution in [0.5, 0.6) is 0 Å². The van der Waals surface area contributed by atoms with Crippen LogP contribution in [-0.2, 0) is 4.74 Å². The lowest BCUT2D eigenvalue weighted by atomic mass is 10.2. The predicted molar refractivity (Wildman–Crippen MR) is 48.5 cm³/mol. The topological polar surface area (TPSA) is 9.23 Å². The number of ether oxygens (including phenoxy) is 1. The molecule has 0 rings (SSSR count). The van der Waals surface area contributed by atoms with Gasteiger partial charge in [-0.3, -0.25) is 0 Å². The molecule has 0 spiro atoms. The lowest BCUT2D eigenvalue weighted by molar-refractivity contribution is 0.121. The monoisotopic (exact) mass is 162 g/mol. The van der Waals surface area contributed by atoms with Crippen LogP contribution in [-0.4, -0.2) is 12.0 Å². The summed E-state index contributed by atoms with van der Waals surface area (Å²) in [6.45, 7) is 5.02. The van der Waals surface area contributed by atoms with E-state index in [1.165, 1.54) is 25.7 Å². The SMILES string of the molecule is CCCCCCOC(C)S. The van der Waals surface area contributed by atoms with E-state index in [1.54, 1.807) is 0 Å². The summed E-state index contributed by atoms with van der Waals surface area (Å²) < 4.78 is 5.25. The van der Waals surface area contributed by atoms with Crippen LogP contribution in [0.1, 0.15) is 39.5 Å². The molecule has 1 nitrogen and oxygen atoms in total. The Morgan fingerprint density at radius 3 is 2.50 bits per heavy atom. The lowest BCUT2D eigenvalue weighted by Crippen LogP contribution is -2.00. The van der Waals surface area contributed by atoms with E-state index in [0.29, 0.717) is 0 Å². The Kier molecular flexibility index (Phi) is 7.65. The Labute approximate surface area is 69.6 Å². The second-order valence-corrected chi connectivity index (χ2v) is 3.26. The van der Waals surface area contributed by atoms with Gasteiger partial charge in [-0.05, 0) is 13.3 Å². The van der Waals surface area contributed by atoms with Crippen molar-refractivity contribution in [3.63, 3.8) is 0 Å². The first-order valence-corrected chi connectivity index (χ1v) is 4.58. The zero-order chi connectivity index (χ0) is 7.82. The normalized spacial score (nSPS) is 13.5. The molecule has 0 radical (unpaired) electrons. The summed E-state index contributed by atoms with van der Waals surface area (Å²) >= 11 is 4.10. The molecule has 0 heterocycles. The molecule has 0 aromatic carbocycles. The van der Waals surface area contributed by atoms with Crippen molar-refractivity contribution < 1.29 is 4.74 Å². The fourth-order valence-electron chi connectivity index (χ4n) is 0.783. The molecule has 0 aromatic heterocycles. The van der Waals surface area contributed by atoms with E-state index < -0.39 is 0 Å². The van der Waals surface area contributed by atoms with Crippen LogP contribution in [0, 0.1) is 0 Å². The molecule has 0 N–H and O–H groups in total. The average Bonchev–Trinajstić information content (AvgIpc) is 1.87. The van der Waals surface area contributed by atoms with E-state index >= 15 is 0 Å². The molecule has 62 valence electrons. The molecular formula is C8H18OS. The van der Waals surface area contributed by atoms with Crippen molar-refractivity contribution in [2.45, 2.75) is 45.0 Å². The lowest BCUT2D eigenvalue weighted by Gasteiger charge is -2.05. The van der Waals surface area contributed by atoms with Gasteiger partial charge in [0.25, 0.3) is 0 Å². The Bertz CT molecular complexity index is 64.3. The van der Waals surface area contributed by atoms with Gasteiger partial charge in [0.15, 0.2) is 0 Å². The number of unbranched alkanes of at least 4 members (excludes halogenated alkanes) is 3. The van der Waals surface area contributed by atoms with E-state index in [-0.39, 0.29) is 5.44 Å². The second kappa shape index (κ2) is 7.42. The molecule has 0 aromatic rings. The van der Waals surface area contributed by atoms with E-state index in [1.807, 2.05) is 6.92 Å². The van der Waals surface area contributed by atoms with Crippen molar-refractivity contribution in [1.82, 2.24) is 0 Å². The zero-order valence-corrected chi connectivity index (χ0v) is 7.86. The smallest absolute Gasteiger partial charge is 0.0971 e. The van der Waals surface area contributed by atoms with Crippen LogP contribution in [0.2, 0.25) is 0 Å². The number of rotatable bonds is 6. The van der Waals surface area contributed by atoms with Crippen LogP contribution >= 0.6 is 12.6 Å². The summed E-state index contributed by atoms with van der Waals surface area (Å²) in [6, 6.07) is 0. The summed E-state index contributed by atoms with van der Waals surface area (Å²) in [5.41, 5.74) is 0.0987. The molecule has 0 saturated heterocycles. The Morgan fingerprint density at radius 2 is 2.00 bits per heavy atom. The van der Waals surface area contributed by atoms with Crippen LogP contribution in [0.3, 0.4) is 0 Å². The van der Waals surface area contributed by atoms with Gasteiger partial charge >= 0.3 is 0 Å². The summed E-state index contributed by atoms with van der Waals surface area (Å²) in [6.07, 6.45) is 5.08. The summed E-state index contributed by atoms with van der Waals surface area (Å²) in [5, 5.41) is 0. The van der Waals surface area contributed by atoms with Gasteiger partial charge < -0.3 is 4.74 Å². The Morgan fingerprint density at radius 1 is 1.30 bits per heavy atom. The van der Waals surface area contributed by atoms with Gasteiger partial charge in [0.1, 0.15) is 0 Å². The van der Waals surface area contributed by atoms with E-state index in [4.69, 9.17) is 4.74 Å². The first-order chi connectivity index (χ1) is 4.77. The minimum absolute atomic E-state index is 0.0987. The predicted octanol–water partition coefficient (Wildman–Crippen LogP) is 2.86. The highest BCUT2D eigenvalue weighted by molar-refractivity contribution is 7.80. The minimum Gasteiger partial charge on any atom is -0.368 e. The average molecular weight is 162 g/mol. The van der Waals surface area contributed by atoms with Crippen molar-refractivity contribution in [2.24, 2.45) is 0 Å². The third kappa shape index (κ3) is 8.31. The number of thiol groups is 1. The van der Waals surface area contributed by atoms with Crippen molar-refractivity contribution in [3.05, 3.63) is 0 Å². The van der Waals surface area contributed by atoms with Gasteiger partial charge in [-0.2, -0.15) is 0 Å². The molecule has 0 aliphatic rings. The maximum absolute atomic E-state index is 5.25. The van der Waals surface area contributed by atoms with Crippen LogP contribution in [0.25, 0.3) is 0 Å². The molecule has 1 unspecified atom stereocenters. The fourth-order valence-corrected chi connectivity index (χ4v) is 0.888. The standard InChI is InChI=1S/C8H18OS/c1-3-4-5-6-7-9-8(2)10/h8,10H,3-7H2,1-2H3. The second-order valence-electron chi connectivity index (χ2n) is 2.53. The van der Waals surface area contributed by atoms with Crippen molar-refractivity contribution in [2.75, 3.05) is 6.61 Å². The maximum atomic E-state index is 5.25. The third-order valence-corrected chi connectivity index (χ3v) is 1.51. The highest BCUT2D eigenvalue weighted by Crippen LogP contribution is 2.01. The first kappa shape index (κ1) is 10.3. The number of hydrogen-bond acceptors (Lipinski definition) is 2. The van der Waals surface area contributed by atoms with Crippen molar-refractivity contribution in [1.29, 1.82) is 0 Å². The van der Waals surface area contributed by atoms with Gasteiger partial charge in [-0.1, -0.05) is 26.2 Å². The highest BCUT2D eigenvalue weighted by Gasteiger charge is 1.92. The molecule has 2 heteroatoms. The largest absolute Gasteiger partial charge is 0.368 e. The Balaban J connectivity index is 2.77. The van der Waals surface area contributed by atoms with Crippen LogP contribution in [0.4, 0.5) is 0 Å². The maximum Gasteiger partial charge on any atom is 0.0971 e. The van der Waals surface area contributed by atoms with E-state index in [9.17, 15) is 0 Å². The molecule has 0 bridgehead atoms. The van der Waals surface area contributed by atoms with Gasteiger partial charge in [-0.25, -0.2) is 0 Å². The van der Waals surface area contributed by atoms with E-state index in [0.717, 1.165) is 6.61 Å². The van der Waals surface area contributed by atoms with Gasteiger partial charge in [0.2, 0.25) is 0 Å². The van der Waals surface area contributed by atoms with Crippen LogP contribution < -0.4 is 0 Å². The van der Waals surface area contributed by atoms with Gasteiger partial charge in [0, 0.05) is 6.61 Å². The summed E-state index contributed by atoms with van der Waals surface area (Å²) in [5.74, 6) is 0. The highest BCUT2D eigenvalue weighted by atomic mass is 32.1. The van der Waals surface area contributed by atoms with Crippen molar-refractivity contribution >= 4 is 12.6 Å². The van der Waals surface area contributed by atoms with Gasteiger partial charge in [-0.15, -0.1) is 12.6 Å².